The first-order valence-electron chi connectivity index (χ1n) is 6.64. The molecular formula is C15H23Cl2NO2. The minimum absolute atomic E-state index is 0. The number of anilines is 1. The number of carboxylic acid groups (broad SMARTS) is 1. The van der Waals surface area contributed by atoms with E-state index in [1.54, 1.807) is 0 Å². The Labute approximate surface area is 133 Å². The standard InChI is InChI=1S/C15H21NO2.2ClH/c1-16(13-8-4-2-5-9-13)12-15(14(17)18)10-6-3-7-11-15;;/h2,4-5,8-9H,3,6-7,10-12H2,1H3,(H,17,18);2*1H. The molecule has 0 spiro atoms. The second kappa shape index (κ2) is 8.38. The fourth-order valence-corrected chi connectivity index (χ4v) is 2.90. The number of aliphatic carboxylic acids is 1. The van der Waals surface area contributed by atoms with Crippen LogP contribution in [0.25, 0.3) is 0 Å². The lowest BCUT2D eigenvalue weighted by molar-refractivity contribution is -0.150. The third-order valence-corrected chi connectivity index (χ3v) is 4.00. The summed E-state index contributed by atoms with van der Waals surface area (Å²) >= 11 is 0. The van der Waals surface area contributed by atoms with E-state index in [9.17, 15) is 9.90 Å². The van der Waals surface area contributed by atoms with Crippen molar-refractivity contribution in [1.82, 2.24) is 0 Å². The molecule has 0 atom stereocenters. The first-order chi connectivity index (χ1) is 8.64. The van der Waals surface area contributed by atoms with Crippen molar-refractivity contribution < 1.29 is 9.90 Å². The van der Waals surface area contributed by atoms with E-state index in [4.69, 9.17) is 0 Å². The van der Waals surface area contributed by atoms with E-state index in [2.05, 4.69) is 4.90 Å². The molecule has 0 unspecified atom stereocenters. The normalized spacial score (nSPS) is 16.4. The van der Waals surface area contributed by atoms with E-state index in [0.717, 1.165) is 31.4 Å². The molecule has 1 aliphatic rings. The average Bonchev–Trinajstić information content (AvgIpc) is 2.40. The molecule has 1 aromatic rings. The van der Waals surface area contributed by atoms with Crippen LogP contribution in [0, 0.1) is 5.41 Å². The molecule has 0 bridgehead atoms. The molecule has 0 aliphatic heterocycles. The van der Waals surface area contributed by atoms with Gasteiger partial charge in [0, 0.05) is 19.3 Å². The van der Waals surface area contributed by atoms with Gasteiger partial charge in [-0.25, -0.2) is 0 Å². The van der Waals surface area contributed by atoms with Gasteiger partial charge in [-0.15, -0.1) is 24.8 Å². The highest BCUT2D eigenvalue weighted by molar-refractivity contribution is 5.85. The summed E-state index contributed by atoms with van der Waals surface area (Å²) in [6.45, 7) is 0.604. The third kappa shape index (κ3) is 4.29. The molecule has 114 valence electrons. The molecular weight excluding hydrogens is 297 g/mol. The van der Waals surface area contributed by atoms with E-state index in [-0.39, 0.29) is 24.8 Å². The zero-order valence-corrected chi connectivity index (χ0v) is 13.4. The summed E-state index contributed by atoms with van der Waals surface area (Å²) < 4.78 is 0. The zero-order chi connectivity index (χ0) is 13.0. The van der Waals surface area contributed by atoms with Crippen LogP contribution < -0.4 is 4.90 Å². The van der Waals surface area contributed by atoms with E-state index in [1.807, 2.05) is 37.4 Å². The van der Waals surface area contributed by atoms with Crippen LogP contribution in [-0.2, 0) is 4.79 Å². The fraction of sp³-hybridized carbons (Fsp3) is 0.533. The Balaban J connectivity index is 0.00000180. The summed E-state index contributed by atoms with van der Waals surface area (Å²) in [5.41, 5.74) is 0.534. The van der Waals surface area contributed by atoms with Crippen molar-refractivity contribution in [2.75, 3.05) is 18.5 Å². The quantitative estimate of drug-likeness (QED) is 0.911. The number of hydrogen-bond acceptors (Lipinski definition) is 2. The maximum Gasteiger partial charge on any atom is 0.311 e. The van der Waals surface area contributed by atoms with Gasteiger partial charge in [0.15, 0.2) is 0 Å². The maximum absolute atomic E-state index is 11.6. The molecule has 1 saturated carbocycles. The summed E-state index contributed by atoms with van der Waals surface area (Å²) in [5, 5.41) is 9.56. The minimum atomic E-state index is -0.634. The second-order valence-corrected chi connectivity index (χ2v) is 5.34. The summed E-state index contributed by atoms with van der Waals surface area (Å²) in [6.07, 6.45) is 4.85. The highest BCUT2D eigenvalue weighted by Gasteiger charge is 2.40. The molecule has 3 nitrogen and oxygen atoms in total. The van der Waals surface area contributed by atoms with Crippen LogP contribution in [0.5, 0.6) is 0 Å². The first-order valence-corrected chi connectivity index (χ1v) is 6.64. The molecule has 0 radical (unpaired) electrons. The summed E-state index contributed by atoms with van der Waals surface area (Å²) in [6, 6.07) is 10.0. The molecule has 2 rings (SSSR count). The minimum Gasteiger partial charge on any atom is -0.481 e. The van der Waals surface area contributed by atoms with Gasteiger partial charge < -0.3 is 10.0 Å². The molecule has 0 saturated heterocycles. The van der Waals surface area contributed by atoms with Gasteiger partial charge in [0.05, 0.1) is 5.41 Å². The number of rotatable bonds is 4. The van der Waals surface area contributed by atoms with Crippen LogP contribution in [0.3, 0.4) is 0 Å². The number of hydrogen-bond donors (Lipinski definition) is 1. The molecule has 0 heterocycles. The number of para-hydroxylation sites is 1. The number of nitrogens with zero attached hydrogens (tertiary/aromatic N) is 1. The van der Waals surface area contributed by atoms with Gasteiger partial charge in [0.1, 0.15) is 0 Å². The number of carbonyl (C=O) groups is 1. The monoisotopic (exact) mass is 319 g/mol. The predicted octanol–water partition coefficient (Wildman–Crippen LogP) is 4.00. The number of benzene rings is 1. The lowest BCUT2D eigenvalue weighted by atomic mass is 9.73. The highest BCUT2D eigenvalue weighted by Crippen LogP contribution is 2.37. The first kappa shape index (κ1) is 19.1. The smallest absolute Gasteiger partial charge is 0.311 e. The van der Waals surface area contributed by atoms with Gasteiger partial charge >= 0.3 is 5.97 Å². The van der Waals surface area contributed by atoms with Gasteiger partial charge in [0.25, 0.3) is 0 Å². The van der Waals surface area contributed by atoms with Crippen molar-refractivity contribution >= 4 is 36.5 Å². The molecule has 0 aromatic heterocycles. The SMILES string of the molecule is CN(CC1(C(=O)O)CCCCC1)c1ccccc1.Cl.Cl. The Morgan fingerprint density at radius 3 is 2.20 bits per heavy atom. The van der Waals surface area contributed by atoms with Crippen molar-refractivity contribution in [1.29, 1.82) is 0 Å². The van der Waals surface area contributed by atoms with Crippen LogP contribution >= 0.6 is 24.8 Å². The van der Waals surface area contributed by atoms with E-state index in [1.165, 1.54) is 6.42 Å². The molecule has 1 N–H and O–H groups in total. The fourth-order valence-electron chi connectivity index (χ4n) is 2.90. The van der Waals surface area contributed by atoms with E-state index in [0.29, 0.717) is 6.54 Å². The summed E-state index contributed by atoms with van der Waals surface area (Å²) in [5.74, 6) is -0.634. The van der Waals surface area contributed by atoms with E-state index >= 15 is 0 Å². The molecule has 1 aromatic carbocycles. The Bertz CT molecular complexity index is 406. The Morgan fingerprint density at radius 2 is 1.70 bits per heavy atom. The molecule has 1 fully saturated rings. The van der Waals surface area contributed by atoms with Crippen molar-refractivity contribution in [3.63, 3.8) is 0 Å². The number of halogens is 2. The average molecular weight is 320 g/mol. The zero-order valence-electron chi connectivity index (χ0n) is 11.7. The second-order valence-electron chi connectivity index (χ2n) is 5.34. The number of carboxylic acids is 1. The summed E-state index contributed by atoms with van der Waals surface area (Å²) in [4.78, 5) is 13.7. The van der Waals surface area contributed by atoms with Crippen LogP contribution in [0.4, 0.5) is 5.69 Å². The molecule has 5 heteroatoms. The highest BCUT2D eigenvalue weighted by atomic mass is 35.5. The Morgan fingerprint density at radius 1 is 1.15 bits per heavy atom. The van der Waals surface area contributed by atoms with Gasteiger partial charge in [-0.2, -0.15) is 0 Å². The lowest BCUT2D eigenvalue weighted by Gasteiger charge is -2.37. The Hall–Kier alpha value is -0.930. The largest absolute Gasteiger partial charge is 0.481 e. The van der Waals surface area contributed by atoms with Gasteiger partial charge in [-0.05, 0) is 25.0 Å². The van der Waals surface area contributed by atoms with Gasteiger partial charge in [-0.3, -0.25) is 4.79 Å². The molecule has 20 heavy (non-hydrogen) atoms. The van der Waals surface area contributed by atoms with Gasteiger partial charge in [-0.1, -0.05) is 37.5 Å². The van der Waals surface area contributed by atoms with E-state index < -0.39 is 11.4 Å². The predicted molar refractivity (Wildman–Crippen MR) is 87.4 cm³/mol. The van der Waals surface area contributed by atoms with Crippen LogP contribution in [0.2, 0.25) is 0 Å². The van der Waals surface area contributed by atoms with Crippen LogP contribution in [0.1, 0.15) is 32.1 Å². The summed E-state index contributed by atoms with van der Waals surface area (Å²) in [7, 11) is 1.98. The van der Waals surface area contributed by atoms with Gasteiger partial charge in [0.2, 0.25) is 0 Å². The molecule has 0 amide bonds. The van der Waals surface area contributed by atoms with Crippen LogP contribution in [0.15, 0.2) is 30.3 Å². The van der Waals surface area contributed by atoms with Crippen molar-refractivity contribution in [2.24, 2.45) is 5.41 Å². The van der Waals surface area contributed by atoms with Crippen molar-refractivity contribution in [3.05, 3.63) is 30.3 Å². The third-order valence-electron chi connectivity index (χ3n) is 4.00. The van der Waals surface area contributed by atoms with Crippen LogP contribution in [-0.4, -0.2) is 24.7 Å². The van der Waals surface area contributed by atoms with Crippen molar-refractivity contribution in [2.45, 2.75) is 32.1 Å². The molecule has 1 aliphatic carbocycles. The van der Waals surface area contributed by atoms with Crippen molar-refractivity contribution in [3.8, 4) is 0 Å². The topological polar surface area (TPSA) is 40.5 Å². The lowest BCUT2D eigenvalue weighted by Crippen LogP contribution is -2.43. The maximum atomic E-state index is 11.6. The Kier molecular flexibility index (Phi) is 7.99.